The van der Waals surface area contributed by atoms with E-state index in [1.165, 1.54) is 44.9 Å². The van der Waals surface area contributed by atoms with Gasteiger partial charge in [-0.2, -0.15) is 8.42 Å². The maximum Gasteiger partial charge on any atom is 0.269 e. The molecule has 2 unspecified atom stereocenters. The van der Waals surface area contributed by atoms with Crippen LogP contribution in [-0.2, 0) is 14.3 Å². The third-order valence-electron chi connectivity index (χ3n) is 3.94. The quantitative estimate of drug-likeness (QED) is 0.389. The van der Waals surface area contributed by atoms with E-state index in [0.29, 0.717) is 12.3 Å². The van der Waals surface area contributed by atoms with Gasteiger partial charge in [-0.1, -0.05) is 71.6 Å². The first-order chi connectivity index (χ1) is 9.95. The topological polar surface area (TPSA) is 63.6 Å². The summed E-state index contributed by atoms with van der Waals surface area (Å²) in [4.78, 5) is 0. The summed E-state index contributed by atoms with van der Waals surface area (Å²) in [5.41, 5.74) is 0. The van der Waals surface area contributed by atoms with Gasteiger partial charge in [0.05, 0.1) is 13.2 Å². The summed E-state index contributed by atoms with van der Waals surface area (Å²) in [5, 5.41) is 9.99. The van der Waals surface area contributed by atoms with Crippen LogP contribution in [0.1, 0.15) is 78.1 Å². The maximum absolute atomic E-state index is 11.4. The molecule has 4 nitrogen and oxygen atoms in total. The Morgan fingerprint density at radius 2 is 1.48 bits per heavy atom. The van der Waals surface area contributed by atoms with Crippen LogP contribution in [0, 0.1) is 5.92 Å². The van der Waals surface area contributed by atoms with Gasteiger partial charge in [-0.25, -0.2) is 0 Å². The summed E-state index contributed by atoms with van der Waals surface area (Å²) in [5.74, 6) is 0.137. The van der Waals surface area contributed by atoms with Gasteiger partial charge in [0.2, 0.25) is 0 Å². The van der Waals surface area contributed by atoms with Gasteiger partial charge in [0.25, 0.3) is 10.1 Å². The minimum absolute atomic E-state index is 0.289. The van der Waals surface area contributed by atoms with Crippen LogP contribution in [0.5, 0.6) is 0 Å². The minimum Gasteiger partial charge on any atom is -0.392 e. The molecule has 0 amide bonds. The molecule has 0 heterocycles. The van der Waals surface area contributed by atoms with Crippen LogP contribution in [0.2, 0.25) is 0 Å². The van der Waals surface area contributed by atoms with Crippen LogP contribution < -0.4 is 0 Å². The molecular weight excluding hydrogens is 288 g/mol. The second-order valence-corrected chi connectivity index (χ2v) is 7.77. The summed E-state index contributed by atoms with van der Waals surface area (Å²) in [6.45, 7) is 4.37. The molecular formula is C16H34O4S. The molecule has 0 aliphatic carbocycles. The SMILES string of the molecule is CCCCCCC(CCCCC)CC(O)CS(=O)(=O)OC. The Labute approximate surface area is 131 Å². The second-order valence-electron chi connectivity index (χ2n) is 5.99. The Hall–Kier alpha value is -0.130. The lowest BCUT2D eigenvalue weighted by Gasteiger charge is -2.20. The number of hydrogen-bond acceptors (Lipinski definition) is 4. The largest absolute Gasteiger partial charge is 0.392 e. The van der Waals surface area contributed by atoms with E-state index >= 15 is 0 Å². The van der Waals surface area contributed by atoms with Crippen LogP contribution in [0.15, 0.2) is 0 Å². The first kappa shape index (κ1) is 20.9. The molecule has 0 aliphatic rings. The van der Waals surface area contributed by atoms with Crippen LogP contribution >= 0.6 is 0 Å². The smallest absolute Gasteiger partial charge is 0.269 e. The van der Waals surface area contributed by atoms with E-state index in [-0.39, 0.29) is 5.75 Å². The Balaban J connectivity index is 4.22. The standard InChI is InChI=1S/C16H34O4S/c1-4-6-8-10-12-15(11-9-7-5-2)13-16(17)14-21(18,19)20-3/h15-17H,4-14H2,1-3H3. The fraction of sp³-hybridized carbons (Fsp3) is 1.00. The van der Waals surface area contributed by atoms with Crippen molar-refractivity contribution < 1.29 is 17.7 Å². The molecule has 128 valence electrons. The highest BCUT2D eigenvalue weighted by Crippen LogP contribution is 2.23. The molecule has 0 aromatic heterocycles. The van der Waals surface area contributed by atoms with Gasteiger partial charge >= 0.3 is 0 Å². The predicted molar refractivity (Wildman–Crippen MR) is 87.8 cm³/mol. The van der Waals surface area contributed by atoms with Gasteiger partial charge in [0.15, 0.2) is 0 Å². The summed E-state index contributed by atoms with van der Waals surface area (Å²) in [6, 6.07) is 0. The van der Waals surface area contributed by atoms with Crippen molar-refractivity contribution >= 4 is 10.1 Å². The zero-order chi connectivity index (χ0) is 16.1. The van der Waals surface area contributed by atoms with Crippen molar-refractivity contribution in [1.82, 2.24) is 0 Å². The predicted octanol–water partition coefficient (Wildman–Crippen LogP) is 3.88. The third-order valence-corrected chi connectivity index (χ3v) is 5.24. The molecule has 0 saturated heterocycles. The zero-order valence-electron chi connectivity index (χ0n) is 14.0. The molecule has 2 atom stereocenters. The highest BCUT2D eigenvalue weighted by molar-refractivity contribution is 7.86. The van der Waals surface area contributed by atoms with Crippen LogP contribution in [0.25, 0.3) is 0 Å². The van der Waals surface area contributed by atoms with E-state index in [9.17, 15) is 13.5 Å². The summed E-state index contributed by atoms with van der Waals surface area (Å²) >= 11 is 0. The van der Waals surface area contributed by atoms with Crippen LogP contribution in [0.3, 0.4) is 0 Å². The second kappa shape index (κ2) is 12.4. The van der Waals surface area contributed by atoms with Crippen molar-refractivity contribution in [2.75, 3.05) is 12.9 Å². The molecule has 0 aliphatic heterocycles. The minimum atomic E-state index is -3.57. The van der Waals surface area contributed by atoms with Crippen LogP contribution in [-0.4, -0.2) is 32.5 Å². The Morgan fingerprint density at radius 3 is 2.00 bits per heavy atom. The molecule has 0 fully saturated rings. The van der Waals surface area contributed by atoms with Crippen molar-refractivity contribution in [2.45, 2.75) is 84.2 Å². The normalized spacial score (nSPS) is 15.0. The first-order valence-corrected chi connectivity index (χ1v) is 9.99. The highest BCUT2D eigenvalue weighted by Gasteiger charge is 2.20. The number of hydrogen-bond donors (Lipinski definition) is 1. The molecule has 0 aromatic rings. The van der Waals surface area contributed by atoms with E-state index in [2.05, 4.69) is 18.0 Å². The fourth-order valence-corrected chi connectivity index (χ4v) is 3.42. The molecule has 0 rings (SSSR count). The average Bonchev–Trinajstić information content (AvgIpc) is 2.43. The summed E-state index contributed by atoms with van der Waals surface area (Å²) < 4.78 is 27.2. The maximum atomic E-state index is 11.4. The molecule has 0 radical (unpaired) electrons. The lowest BCUT2D eigenvalue weighted by atomic mass is 9.90. The fourth-order valence-electron chi connectivity index (χ4n) is 2.68. The average molecular weight is 323 g/mol. The van der Waals surface area contributed by atoms with Gasteiger partial charge in [0, 0.05) is 0 Å². The van der Waals surface area contributed by atoms with Crippen molar-refractivity contribution in [3.05, 3.63) is 0 Å². The molecule has 0 saturated carbocycles. The number of rotatable bonds is 14. The number of aliphatic hydroxyl groups excluding tert-OH is 1. The Morgan fingerprint density at radius 1 is 0.952 bits per heavy atom. The van der Waals surface area contributed by atoms with Crippen molar-refractivity contribution in [2.24, 2.45) is 5.92 Å². The first-order valence-electron chi connectivity index (χ1n) is 8.41. The molecule has 5 heteroatoms. The monoisotopic (exact) mass is 322 g/mol. The molecule has 0 aromatic carbocycles. The number of aliphatic hydroxyl groups is 1. The van der Waals surface area contributed by atoms with E-state index < -0.39 is 16.2 Å². The molecule has 0 bridgehead atoms. The van der Waals surface area contributed by atoms with E-state index in [1.54, 1.807) is 0 Å². The van der Waals surface area contributed by atoms with Gasteiger partial charge in [-0.3, -0.25) is 4.18 Å². The van der Waals surface area contributed by atoms with Gasteiger partial charge in [0.1, 0.15) is 5.75 Å². The Bertz CT molecular complexity index is 327. The lowest BCUT2D eigenvalue weighted by Crippen LogP contribution is -2.24. The Kier molecular flexibility index (Phi) is 12.3. The van der Waals surface area contributed by atoms with E-state index in [1.807, 2.05) is 0 Å². The van der Waals surface area contributed by atoms with Gasteiger partial charge < -0.3 is 5.11 Å². The van der Waals surface area contributed by atoms with E-state index in [0.717, 1.165) is 20.0 Å². The zero-order valence-corrected chi connectivity index (χ0v) is 14.8. The summed E-state index contributed by atoms with van der Waals surface area (Å²) in [7, 11) is -2.42. The van der Waals surface area contributed by atoms with Crippen molar-refractivity contribution in [1.29, 1.82) is 0 Å². The van der Waals surface area contributed by atoms with Gasteiger partial charge in [-0.15, -0.1) is 0 Å². The molecule has 21 heavy (non-hydrogen) atoms. The molecule has 0 spiro atoms. The van der Waals surface area contributed by atoms with Crippen LogP contribution in [0.4, 0.5) is 0 Å². The third kappa shape index (κ3) is 12.1. The lowest BCUT2D eigenvalue weighted by molar-refractivity contribution is 0.152. The number of unbranched alkanes of at least 4 members (excludes halogenated alkanes) is 5. The van der Waals surface area contributed by atoms with E-state index in [4.69, 9.17) is 0 Å². The van der Waals surface area contributed by atoms with Crippen molar-refractivity contribution in [3.8, 4) is 0 Å². The molecule has 1 N–H and O–H groups in total. The summed E-state index contributed by atoms with van der Waals surface area (Å²) in [6.07, 6.45) is 10.4. The van der Waals surface area contributed by atoms with Crippen molar-refractivity contribution in [3.63, 3.8) is 0 Å². The van der Waals surface area contributed by atoms with Gasteiger partial charge in [-0.05, 0) is 12.3 Å². The highest BCUT2D eigenvalue weighted by atomic mass is 32.2.